The van der Waals surface area contributed by atoms with Gasteiger partial charge in [0, 0.05) is 22.2 Å². The Morgan fingerprint density at radius 3 is 1.55 bits per heavy atom. The van der Waals surface area contributed by atoms with Crippen molar-refractivity contribution in [3.05, 3.63) is 46.6 Å². The van der Waals surface area contributed by atoms with Gasteiger partial charge in [-0.25, -0.2) is 29.9 Å². The SMILES string of the molecule is CC(C)(C)C1=Cc2nc1nc1c(C(C)(C)C)c(C(C)(C)C)c(nc3nc(nc4ccc(n2)[nH]4)C=C3)n1C(C)(C)C. The van der Waals surface area contributed by atoms with Crippen LogP contribution in [0.15, 0.2) is 12.1 Å². The Balaban J connectivity index is 2.11. The lowest BCUT2D eigenvalue weighted by Gasteiger charge is -2.26. The normalized spacial score (nSPS) is 14.6. The van der Waals surface area contributed by atoms with Crippen LogP contribution in [0.5, 0.6) is 0 Å². The van der Waals surface area contributed by atoms with Gasteiger partial charge in [-0.3, -0.25) is 0 Å². The number of aromatic nitrogens is 8. The van der Waals surface area contributed by atoms with E-state index in [0.717, 1.165) is 16.9 Å². The van der Waals surface area contributed by atoms with E-state index in [0.29, 0.717) is 34.6 Å². The summed E-state index contributed by atoms with van der Waals surface area (Å²) in [6.45, 7) is 26.7. The van der Waals surface area contributed by atoms with Gasteiger partial charge in [0.15, 0.2) is 23.3 Å². The molecule has 0 unspecified atom stereocenters. The highest BCUT2D eigenvalue weighted by Crippen LogP contribution is 2.43. The van der Waals surface area contributed by atoms with Gasteiger partial charge in [0.25, 0.3) is 0 Å². The van der Waals surface area contributed by atoms with Crippen molar-refractivity contribution in [1.82, 2.24) is 39.5 Å². The summed E-state index contributed by atoms with van der Waals surface area (Å²) in [5.74, 6) is 2.51. The predicted molar refractivity (Wildman–Crippen MR) is 164 cm³/mol. The van der Waals surface area contributed by atoms with Crippen LogP contribution in [-0.2, 0) is 16.4 Å². The number of hydrogen-bond donors (Lipinski definition) is 1. The maximum Gasteiger partial charge on any atom is 0.160 e. The van der Waals surface area contributed by atoms with Crippen LogP contribution in [0, 0.1) is 5.41 Å². The average Bonchev–Trinajstić information content (AvgIpc) is 3.53. The second kappa shape index (κ2) is 8.91. The summed E-state index contributed by atoms with van der Waals surface area (Å²) in [5, 5.41) is 0. The third-order valence-corrected chi connectivity index (χ3v) is 7.00. The number of fused-ring (bicyclic) bond motifs is 8. The van der Waals surface area contributed by atoms with E-state index in [2.05, 4.69) is 98.7 Å². The zero-order valence-corrected chi connectivity index (χ0v) is 26.0. The first kappa shape index (κ1) is 27.9. The van der Waals surface area contributed by atoms with Crippen LogP contribution in [0.4, 0.5) is 0 Å². The van der Waals surface area contributed by atoms with Crippen molar-refractivity contribution in [2.24, 2.45) is 5.41 Å². The minimum atomic E-state index is -0.327. The molecule has 0 spiro atoms. The molecule has 2 aliphatic heterocycles. The van der Waals surface area contributed by atoms with Gasteiger partial charge in [-0.15, -0.1) is 0 Å². The Kier molecular flexibility index (Phi) is 6.21. The van der Waals surface area contributed by atoms with Crippen LogP contribution in [0.25, 0.3) is 46.4 Å². The molecular weight excluding hydrogens is 496 g/mol. The lowest BCUT2D eigenvalue weighted by molar-refractivity contribution is 0.415. The highest BCUT2D eigenvalue weighted by atomic mass is 15.2. The molecule has 0 radical (unpaired) electrons. The number of rotatable bonds is 0. The monoisotopic (exact) mass is 538 g/mol. The van der Waals surface area contributed by atoms with Crippen molar-refractivity contribution in [2.45, 2.75) is 99.5 Å². The second-order valence-corrected chi connectivity index (χ2v) is 14.8. The minimum Gasteiger partial charge on any atom is -0.325 e. The molecular formula is C32H42N8. The van der Waals surface area contributed by atoms with E-state index >= 15 is 0 Å². The fourth-order valence-corrected chi connectivity index (χ4v) is 5.33. The molecule has 0 saturated heterocycles. The van der Waals surface area contributed by atoms with Crippen LogP contribution in [0.3, 0.4) is 0 Å². The van der Waals surface area contributed by atoms with Crippen molar-refractivity contribution in [3.8, 4) is 0 Å². The van der Waals surface area contributed by atoms with Crippen molar-refractivity contribution in [2.75, 3.05) is 0 Å². The molecule has 8 heteroatoms. The zero-order chi connectivity index (χ0) is 29.4. The predicted octanol–water partition coefficient (Wildman–Crippen LogP) is 7.48. The molecule has 5 rings (SSSR count). The summed E-state index contributed by atoms with van der Waals surface area (Å²) in [6.07, 6.45) is 5.87. The van der Waals surface area contributed by atoms with Crippen molar-refractivity contribution in [1.29, 1.82) is 0 Å². The topological polar surface area (TPSA) is 98.1 Å². The first-order chi connectivity index (χ1) is 18.3. The van der Waals surface area contributed by atoms with Crippen LogP contribution < -0.4 is 0 Å². The Hall–Kier alpha value is -3.68. The average molecular weight is 539 g/mol. The molecule has 0 aliphatic carbocycles. The van der Waals surface area contributed by atoms with Gasteiger partial charge in [-0.1, -0.05) is 62.3 Å². The Morgan fingerprint density at radius 2 is 1.05 bits per heavy atom. The fourth-order valence-electron chi connectivity index (χ4n) is 5.33. The van der Waals surface area contributed by atoms with E-state index in [4.69, 9.17) is 29.9 Å². The molecule has 210 valence electrons. The molecule has 8 bridgehead atoms. The summed E-state index contributed by atoms with van der Waals surface area (Å²) in [6, 6.07) is 3.79. The highest BCUT2D eigenvalue weighted by Gasteiger charge is 2.37. The molecule has 40 heavy (non-hydrogen) atoms. The van der Waals surface area contributed by atoms with Crippen molar-refractivity contribution in [3.63, 3.8) is 0 Å². The van der Waals surface area contributed by atoms with Gasteiger partial charge in [0.05, 0.1) is 0 Å². The number of nitrogens with zero attached hydrogens (tertiary/aromatic N) is 7. The Bertz CT molecular complexity index is 1720. The summed E-state index contributed by atoms with van der Waals surface area (Å²) in [4.78, 5) is 33.2. The Labute approximate surface area is 237 Å². The molecule has 3 aromatic rings. The highest BCUT2D eigenvalue weighted by molar-refractivity contribution is 5.84. The van der Waals surface area contributed by atoms with E-state index in [-0.39, 0.29) is 21.8 Å². The first-order valence-corrected chi connectivity index (χ1v) is 14.0. The van der Waals surface area contributed by atoms with Gasteiger partial charge in [-0.05, 0) is 67.4 Å². The molecule has 2 aliphatic rings. The Morgan fingerprint density at radius 1 is 0.550 bits per heavy atom. The molecule has 0 fully saturated rings. The number of aromatic amines is 1. The van der Waals surface area contributed by atoms with E-state index in [9.17, 15) is 0 Å². The summed E-state index contributed by atoms with van der Waals surface area (Å²) >= 11 is 0. The summed E-state index contributed by atoms with van der Waals surface area (Å²) in [7, 11) is 0. The van der Waals surface area contributed by atoms with Gasteiger partial charge in [0.2, 0.25) is 0 Å². The molecule has 8 nitrogen and oxygen atoms in total. The van der Waals surface area contributed by atoms with Crippen LogP contribution in [-0.4, -0.2) is 39.5 Å². The number of H-pyrrole nitrogens is 1. The van der Waals surface area contributed by atoms with Crippen LogP contribution in [0.2, 0.25) is 0 Å². The maximum atomic E-state index is 5.43. The molecule has 0 atom stereocenters. The van der Waals surface area contributed by atoms with Gasteiger partial charge >= 0.3 is 0 Å². The minimum absolute atomic E-state index is 0.185. The molecule has 5 heterocycles. The van der Waals surface area contributed by atoms with Gasteiger partial charge in [0.1, 0.15) is 22.6 Å². The van der Waals surface area contributed by atoms with E-state index in [1.807, 2.05) is 24.3 Å². The number of hydrogen-bond acceptors (Lipinski definition) is 6. The van der Waals surface area contributed by atoms with E-state index < -0.39 is 0 Å². The zero-order valence-electron chi connectivity index (χ0n) is 26.0. The smallest absolute Gasteiger partial charge is 0.160 e. The lowest BCUT2D eigenvalue weighted by Crippen LogP contribution is -2.23. The molecule has 0 saturated carbocycles. The third-order valence-electron chi connectivity index (χ3n) is 7.00. The largest absolute Gasteiger partial charge is 0.325 e. The number of nitrogens with one attached hydrogen (secondary N) is 1. The van der Waals surface area contributed by atoms with Crippen molar-refractivity contribution < 1.29 is 0 Å². The van der Waals surface area contributed by atoms with Crippen LogP contribution >= 0.6 is 0 Å². The van der Waals surface area contributed by atoms with E-state index in [1.165, 1.54) is 11.1 Å². The molecule has 0 aromatic carbocycles. The quantitative estimate of drug-likeness (QED) is 0.249. The second-order valence-electron chi connectivity index (χ2n) is 14.8. The standard InChI is InChI=1S/C32H42N8/c1-29(2,3)18-17-23-36-21-14-13-19(34-21)33-20-15-16-22(35-20)38-27-24(30(4,5)6)25(31(7,8)9)28(39-26(18)37-23)40(27)32(10,11)12/h13-17H,1-12H3,(H,33,34,35,36,37,38,39). The molecule has 1 N–H and O–H groups in total. The first-order valence-electron chi connectivity index (χ1n) is 14.0. The lowest BCUT2D eigenvalue weighted by atomic mass is 9.77. The van der Waals surface area contributed by atoms with E-state index in [1.54, 1.807) is 0 Å². The maximum absolute atomic E-state index is 5.43. The van der Waals surface area contributed by atoms with Crippen molar-refractivity contribution >= 4 is 46.4 Å². The van der Waals surface area contributed by atoms with Gasteiger partial charge < -0.3 is 9.55 Å². The summed E-state index contributed by atoms with van der Waals surface area (Å²) < 4.78 is 2.28. The number of allylic oxidation sites excluding steroid dienone is 1. The molecule has 3 aromatic heterocycles. The van der Waals surface area contributed by atoms with Gasteiger partial charge in [-0.2, -0.15) is 0 Å². The molecule has 0 amide bonds. The fraction of sp³-hybridized carbons (Fsp3) is 0.500. The van der Waals surface area contributed by atoms with Crippen LogP contribution in [0.1, 0.15) is 118 Å². The summed E-state index contributed by atoms with van der Waals surface area (Å²) in [5.41, 5.74) is 5.55. The third kappa shape index (κ3) is 5.11.